The molecule has 1 aliphatic heterocycles. The molecule has 0 aliphatic carbocycles. The lowest BCUT2D eigenvalue weighted by Gasteiger charge is -2.27. The van der Waals surface area contributed by atoms with E-state index in [0.717, 1.165) is 23.3 Å². The normalized spacial score (nSPS) is 19.3. The lowest BCUT2D eigenvalue weighted by atomic mass is 9.98. The van der Waals surface area contributed by atoms with Crippen molar-refractivity contribution in [1.29, 1.82) is 0 Å². The topological polar surface area (TPSA) is 44.5 Å². The molecule has 1 fully saturated rings. The SMILES string of the molecule is NC1COC(c2ccc(-c3ccc(-c4cc(F)c(F)c(F)c4)c(F)c3)cc2)OC1. The Labute approximate surface area is 164 Å². The Morgan fingerprint density at radius 2 is 1.24 bits per heavy atom. The van der Waals surface area contributed by atoms with Gasteiger partial charge < -0.3 is 15.2 Å². The number of hydrogen-bond acceptors (Lipinski definition) is 3. The van der Waals surface area contributed by atoms with Crippen molar-refractivity contribution in [2.24, 2.45) is 5.73 Å². The monoisotopic (exact) mass is 403 g/mol. The van der Waals surface area contributed by atoms with Crippen LogP contribution in [-0.4, -0.2) is 19.3 Å². The number of halogens is 4. The molecule has 3 nitrogen and oxygen atoms in total. The van der Waals surface area contributed by atoms with Crippen LogP contribution in [0.25, 0.3) is 22.3 Å². The van der Waals surface area contributed by atoms with E-state index in [1.807, 2.05) is 12.1 Å². The van der Waals surface area contributed by atoms with Crippen molar-refractivity contribution in [3.63, 3.8) is 0 Å². The predicted octanol–water partition coefficient (Wildman–Crippen LogP) is 4.95. The van der Waals surface area contributed by atoms with Crippen LogP contribution >= 0.6 is 0 Å². The van der Waals surface area contributed by atoms with Crippen molar-refractivity contribution >= 4 is 0 Å². The first-order valence-electron chi connectivity index (χ1n) is 8.96. The first kappa shape index (κ1) is 19.6. The molecule has 0 spiro atoms. The summed E-state index contributed by atoms with van der Waals surface area (Å²) in [6.07, 6.45) is -0.494. The summed E-state index contributed by atoms with van der Waals surface area (Å²) in [5.74, 6) is -5.00. The summed E-state index contributed by atoms with van der Waals surface area (Å²) in [6.45, 7) is 0.813. The van der Waals surface area contributed by atoms with E-state index < -0.39 is 29.6 Å². The summed E-state index contributed by atoms with van der Waals surface area (Å²) in [6, 6.07) is 12.9. The van der Waals surface area contributed by atoms with Crippen molar-refractivity contribution in [2.45, 2.75) is 12.3 Å². The van der Waals surface area contributed by atoms with E-state index in [2.05, 4.69) is 0 Å². The molecular weight excluding hydrogens is 386 g/mol. The molecule has 0 aromatic heterocycles. The molecule has 4 rings (SSSR count). The minimum atomic E-state index is -1.58. The number of hydrogen-bond donors (Lipinski definition) is 1. The average Bonchev–Trinajstić information content (AvgIpc) is 2.72. The third-order valence-corrected chi connectivity index (χ3v) is 4.70. The zero-order valence-corrected chi connectivity index (χ0v) is 15.2. The van der Waals surface area contributed by atoms with Gasteiger partial charge in [-0.3, -0.25) is 0 Å². The highest BCUT2D eigenvalue weighted by atomic mass is 19.2. The van der Waals surface area contributed by atoms with Gasteiger partial charge in [-0.05, 0) is 34.9 Å². The first-order chi connectivity index (χ1) is 13.9. The van der Waals surface area contributed by atoms with E-state index in [1.165, 1.54) is 12.1 Å². The second kappa shape index (κ2) is 7.94. The Balaban J connectivity index is 1.58. The minimum absolute atomic E-state index is 0.0245. The van der Waals surface area contributed by atoms with Crippen LogP contribution in [0.1, 0.15) is 11.9 Å². The van der Waals surface area contributed by atoms with Crippen LogP contribution in [0.5, 0.6) is 0 Å². The maximum Gasteiger partial charge on any atom is 0.194 e. The molecular formula is C22H17F4NO2. The van der Waals surface area contributed by atoms with E-state index in [1.54, 1.807) is 18.2 Å². The fourth-order valence-electron chi connectivity index (χ4n) is 3.18. The second-order valence-electron chi connectivity index (χ2n) is 6.83. The molecule has 3 aromatic carbocycles. The van der Waals surface area contributed by atoms with Crippen LogP contribution in [0.15, 0.2) is 54.6 Å². The molecule has 150 valence electrons. The summed E-state index contributed by atoms with van der Waals surface area (Å²) >= 11 is 0. The van der Waals surface area contributed by atoms with E-state index in [0.29, 0.717) is 18.8 Å². The Hall–Kier alpha value is -2.74. The minimum Gasteiger partial charge on any atom is -0.347 e. The van der Waals surface area contributed by atoms with Gasteiger partial charge in [0.15, 0.2) is 23.7 Å². The lowest BCUT2D eigenvalue weighted by molar-refractivity contribution is -0.189. The Morgan fingerprint density at radius 1 is 0.690 bits per heavy atom. The lowest BCUT2D eigenvalue weighted by Crippen LogP contribution is -2.37. The van der Waals surface area contributed by atoms with E-state index in [9.17, 15) is 17.6 Å². The van der Waals surface area contributed by atoms with Gasteiger partial charge >= 0.3 is 0 Å². The number of rotatable bonds is 3. The number of nitrogens with two attached hydrogens (primary N) is 1. The van der Waals surface area contributed by atoms with Crippen molar-refractivity contribution in [3.05, 3.63) is 83.4 Å². The Morgan fingerprint density at radius 3 is 1.83 bits per heavy atom. The summed E-state index contributed by atoms with van der Waals surface area (Å²) in [5.41, 5.74) is 7.75. The van der Waals surface area contributed by atoms with Crippen molar-refractivity contribution in [1.82, 2.24) is 0 Å². The summed E-state index contributed by atoms with van der Waals surface area (Å²) in [7, 11) is 0. The molecule has 1 heterocycles. The van der Waals surface area contributed by atoms with E-state index in [4.69, 9.17) is 15.2 Å². The molecule has 1 aliphatic rings. The van der Waals surface area contributed by atoms with Crippen molar-refractivity contribution in [2.75, 3.05) is 13.2 Å². The summed E-state index contributed by atoms with van der Waals surface area (Å²) in [4.78, 5) is 0. The summed E-state index contributed by atoms with van der Waals surface area (Å²) < 4.78 is 65.7. The van der Waals surface area contributed by atoms with Crippen LogP contribution in [0.2, 0.25) is 0 Å². The molecule has 0 radical (unpaired) electrons. The average molecular weight is 403 g/mol. The molecule has 2 N–H and O–H groups in total. The Kier molecular flexibility index (Phi) is 5.36. The maximum atomic E-state index is 14.6. The number of ether oxygens (including phenoxy) is 2. The highest BCUT2D eigenvalue weighted by Gasteiger charge is 2.21. The molecule has 0 bridgehead atoms. The van der Waals surface area contributed by atoms with Crippen LogP contribution in [-0.2, 0) is 9.47 Å². The largest absolute Gasteiger partial charge is 0.347 e. The van der Waals surface area contributed by atoms with Gasteiger partial charge in [0.2, 0.25) is 0 Å². The third-order valence-electron chi connectivity index (χ3n) is 4.70. The third kappa shape index (κ3) is 4.03. The van der Waals surface area contributed by atoms with E-state index >= 15 is 0 Å². The van der Waals surface area contributed by atoms with Gasteiger partial charge in [-0.15, -0.1) is 0 Å². The quantitative estimate of drug-likeness (QED) is 0.497. The standard InChI is InChI=1S/C22H17F4NO2/c23-18-7-14(5-6-17(18)15-8-19(24)21(26)20(25)9-15)12-1-3-13(4-2-12)22-28-10-16(27)11-29-22/h1-9,16,22H,10-11,27H2. The molecule has 3 aromatic rings. The van der Waals surface area contributed by atoms with Crippen LogP contribution in [0, 0.1) is 23.3 Å². The molecule has 29 heavy (non-hydrogen) atoms. The van der Waals surface area contributed by atoms with Gasteiger partial charge in [-0.2, -0.15) is 0 Å². The zero-order chi connectivity index (χ0) is 20.5. The van der Waals surface area contributed by atoms with Crippen LogP contribution in [0.4, 0.5) is 17.6 Å². The smallest absolute Gasteiger partial charge is 0.194 e. The van der Waals surface area contributed by atoms with E-state index in [-0.39, 0.29) is 17.2 Å². The summed E-state index contributed by atoms with van der Waals surface area (Å²) in [5, 5.41) is 0. The van der Waals surface area contributed by atoms with Gasteiger partial charge in [0.05, 0.1) is 19.3 Å². The molecule has 0 atom stereocenters. The van der Waals surface area contributed by atoms with Crippen molar-refractivity contribution in [3.8, 4) is 22.3 Å². The highest BCUT2D eigenvalue weighted by molar-refractivity contribution is 5.71. The maximum absolute atomic E-state index is 14.6. The van der Waals surface area contributed by atoms with Crippen LogP contribution < -0.4 is 5.73 Å². The molecule has 7 heteroatoms. The number of benzene rings is 3. The van der Waals surface area contributed by atoms with Crippen LogP contribution in [0.3, 0.4) is 0 Å². The fourth-order valence-corrected chi connectivity index (χ4v) is 3.18. The van der Waals surface area contributed by atoms with Crippen molar-refractivity contribution < 1.29 is 27.0 Å². The molecule has 0 unspecified atom stereocenters. The second-order valence-corrected chi connectivity index (χ2v) is 6.83. The fraction of sp³-hybridized carbons (Fsp3) is 0.182. The predicted molar refractivity (Wildman–Crippen MR) is 99.8 cm³/mol. The molecule has 0 amide bonds. The molecule has 0 saturated carbocycles. The Bertz CT molecular complexity index is 1010. The highest BCUT2D eigenvalue weighted by Crippen LogP contribution is 2.31. The first-order valence-corrected chi connectivity index (χ1v) is 8.96. The molecule has 1 saturated heterocycles. The van der Waals surface area contributed by atoms with Gasteiger partial charge in [-0.1, -0.05) is 36.4 Å². The van der Waals surface area contributed by atoms with Gasteiger partial charge in [-0.25, -0.2) is 17.6 Å². The van der Waals surface area contributed by atoms with Gasteiger partial charge in [0, 0.05) is 11.1 Å². The zero-order valence-electron chi connectivity index (χ0n) is 15.2. The van der Waals surface area contributed by atoms with Gasteiger partial charge in [0.1, 0.15) is 5.82 Å². The van der Waals surface area contributed by atoms with Gasteiger partial charge in [0.25, 0.3) is 0 Å².